The molecular weight excluding hydrogens is 165 g/mol. The van der Waals surface area contributed by atoms with Gasteiger partial charge in [0.25, 0.3) is 0 Å². The maximum absolute atomic E-state index is 13.7. The molecule has 0 aromatic rings. The van der Waals surface area contributed by atoms with Gasteiger partial charge in [-0.05, 0) is 38.1 Å². The third-order valence-corrected chi connectivity index (χ3v) is 2.86. The van der Waals surface area contributed by atoms with Crippen molar-refractivity contribution in [2.24, 2.45) is 5.92 Å². The SMILES string of the molecule is [2H]C1([2H])CC[C@@]2(C([2H])([2H])C(C)C)C[C@@H](F)CN12. The average molecular weight is 189 g/mol. The second kappa shape index (κ2) is 3.23. The van der Waals surface area contributed by atoms with Crippen LogP contribution in [0.25, 0.3) is 0 Å². The summed E-state index contributed by atoms with van der Waals surface area (Å²) in [6.45, 7) is 2.03. The molecule has 2 rings (SSSR count). The molecule has 2 saturated heterocycles. The van der Waals surface area contributed by atoms with E-state index in [-0.39, 0.29) is 18.9 Å². The van der Waals surface area contributed by atoms with Gasteiger partial charge in [0.2, 0.25) is 0 Å². The summed E-state index contributed by atoms with van der Waals surface area (Å²) in [5.74, 6) is -0.246. The highest BCUT2D eigenvalue weighted by Crippen LogP contribution is 2.43. The molecule has 0 spiro atoms. The fraction of sp³-hybridized carbons (Fsp3) is 1.00. The first kappa shape index (κ1) is 5.69. The van der Waals surface area contributed by atoms with Crippen LogP contribution >= 0.6 is 0 Å². The molecule has 0 amide bonds. The van der Waals surface area contributed by atoms with Gasteiger partial charge < -0.3 is 0 Å². The van der Waals surface area contributed by atoms with E-state index in [1.54, 1.807) is 13.8 Å². The Morgan fingerprint density at radius 2 is 2.54 bits per heavy atom. The van der Waals surface area contributed by atoms with Crippen molar-refractivity contribution < 1.29 is 9.87 Å². The highest BCUT2D eigenvalue weighted by molar-refractivity contribution is 5.03. The van der Waals surface area contributed by atoms with Crippen molar-refractivity contribution in [2.75, 3.05) is 13.0 Å². The minimum absolute atomic E-state index is 0.0270. The largest absolute Gasteiger partial charge is 0.295 e. The number of fused-ring (bicyclic) bond motifs is 1. The summed E-state index contributed by atoms with van der Waals surface area (Å²) in [6, 6.07) is 0. The Balaban J connectivity index is 2.42. The van der Waals surface area contributed by atoms with Crippen molar-refractivity contribution in [3.63, 3.8) is 0 Å². The topological polar surface area (TPSA) is 3.24 Å². The monoisotopic (exact) mass is 189 g/mol. The molecule has 0 aromatic carbocycles. The quantitative estimate of drug-likeness (QED) is 0.645. The maximum Gasteiger partial charge on any atom is 0.115 e. The number of hydrogen-bond donors (Lipinski definition) is 0. The Labute approximate surface area is 85.9 Å². The molecule has 76 valence electrons. The predicted octanol–water partition coefficient (Wildman–Crippen LogP) is 2.61. The fourth-order valence-electron chi connectivity index (χ4n) is 2.51. The molecule has 0 aromatic heterocycles. The van der Waals surface area contributed by atoms with Crippen LogP contribution in [-0.4, -0.2) is 29.7 Å². The van der Waals surface area contributed by atoms with Gasteiger partial charge in [-0.25, -0.2) is 4.39 Å². The van der Waals surface area contributed by atoms with Crippen molar-refractivity contribution in [2.45, 2.75) is 51.2 Å². The summed E-state index contributed by atoms with van der Waals surface area (Å²) in [5.41, 5.74) is -0.954. The molecule has 2 atom stereocenters. The van der Waals surface area contributed by atoms with Gasteiger partial charge in [0.15, 0.2) is 0 Å². The van der Waals surface area contributed by atoms with E-state index in [2.05, 4.69) is 0 Å². The van der Waals surface area contributed by atoms with Crippen molar-refractivity contribution in [3.05, 3.63) is 0 Å². The highest BCUT2D eigenvalue weighted by atomic mass is 19.1. The van der Waals surface area contributed by atoms with Crippen LogP contribution < -0.4 is 0 Å². The normalized spacial score (nSPS) is 49.7. The van der Waals surface area contributed by atoms with Crippen LogP contribution in [0, 0.1) is 5.92 Å². The third-order valence-electron chi connectivity index (χ3n) is 2.86. The van der Waals surface area contributed by atoms with E-state index in [0.29, 0.717) is 12.8 Å². The standard InChI is InChI=1S/C11H20FN/c1-9(2)6-11-4-3-5-13(11)8-10(12)7-11/h9-10H,3-8H2,1-2H3/t10-,11-/m1/s1/i5D2,6D2. The minimum Gasteiger partial charge on any atom is -0.295 e. The second-order valence-corrected chi connectivity index (χ2v) is 4.40. The smallest absolute Gasteiger partial charge is 0.115 e. The average Bonchev–Trinajstić information content (AvgIpc) is 2.64. The van der Waals surface area contributed by atoms with Gasteiger partial charge in [-0.3, -0.25) is 4.90 Å². The molecule has 2 aliphatic rings. The van der Waals surface area contributed by atoms with Gasteiger partial charge >= 0.3 is 0 Å². The summed E-state index contributed by atoms with van der Waals surface area (Å²) < 4.78 is 46.0. The molecule has 1 nitrogen and oxygen atoms in total. The van der Waals surface area contributed by atoms with Crippen LogP contribution in [0.15, 0.2) is 0 Å². The van der Waals surface area contributed by atoms with Gasteiger partial charge in [0, 0.05) is 17.6 Å². The van der Waals surface area contributed by atoms with Gasteiger partial charge in [-0.15, -0.1) is 0 Å². The van der Waals surface area contributed by atoms with E-state index in [9.17, 15) is 4.39 Å². The van der Waals surface area contributed by atoms with Gasteiger partial charge in [-0.2, -0.15) is 0 Å². The number of halogens is 1. The van der Waals surface area contributed by atoms with Crippen molar-refractivity contribution in [1.82, 2.24) is 4.90 Å². The Morgan fingerprint density at radius 3 is 3.23 bits per heavy atom. The summed E-state index contributed by atoms with van der Waals surface area (Å²) >= 11 is 0. The number of alkyl halides is 1. The van der Waals surface area contributed by atoms with Crippen LogP contribution in [0.2, 0.25) is 0 Å². The van der Waals surface area contributed by atoms with Crippen LogP contribution in [-0.2, 0) is 0 Å². The molecule has 0 unspecified atom stereocenters. The van der Waals surface area contributed by atoms with Crippen LogP contribution in [0.3, 0.4) is 0 Å². The number of rotatable bonds is 2. The first-order chi connectivity index (χ1) is 7.63. The van der Waals surface area contributed by atoms with Crippen molar-refractivity contribution >= 4 is 0 Å². The molecule has 0 aliphatic carbocycles. The molecule has 0 saturated carbocycles. The highest BCUT2D eigenvalue weighted by Gasteiger charge is 2.48. The number of hydrogen-bond acceptors (Lipinski definition) is 1. The molecule has 2 heterocycles. The third kappa shape index (κ3) is 1.61. The summed E-state index contributed by atoms with van der Waals surface area (Å²) in [6.07, 6.45) is -1.84. The molecule has 0 radical (unpaired) electrons. The zero-order chi connectivity index (χ0) is 13.1. The molecule has 2 heteroatoms. The zero-order valence-corrected chi connectivity index (χ0v) is 8.31. The van der Waals surface area contributed by atoms with Crippen LogP contribution in [0.4, 0.5) is 4.39 Å². The summed E-state index contributed by atoms with van der Waals surface area (Å²) in [4.78, 5) is 1.45. The lowest BCUT2D eigenvalue weighted by atomic mass is 9.85. The van der Waals surface area contributed by atoms with E-state index in [1.165, 1.54) is 4.90 Å². The van der Waals surface area contributed by atoms with Gasteiger partial charge in [0.05, 0.1) is 0 Å². The predicted molar refractivity (Wildman–Crippen MR) is 52.5 cm³/mol. The Bertz CT molecular complexity index is 321. The first-order valence-corrected chi connectivity index (χ1v) is 5.05. The van der Waals surface area contributed by atoms with Crippen molar-refractivity contribution in [3.8, 4) is 0 Å². The Kier molecular flexibility index (Phi) is 1.42. The van der Waals surface area contributed by atoms with E-state index in [0.717, 1.165) is 0 Å². The lowest BCUT2D eigenvalue weighted by molar-refractivity contribution is 0.163. The van der Waals surface area contributed by atoms with Gasteiger partial charge in [-0.1, -0.05) is 13.8 Å². The molecule has 2 aliphatic heterocycles. The fourth-order valence-corrected chi connectivity index (χ4v) is 2.51. The Morgan fingerprint density at radius 1 is 1.77 bits per heavy atom. The van der Waals surface area contributed by atoms with E-state index in [1.807, 2.05) is 0 Å². The molecule has 13 heavy (non-hydrogen) atoms. The molecular formula is C11H20FN. The lowest BCUT2D eigenvalue weighted by Crippen LogP contribution is -2.39. The zero-order valence-electron chi connectivity index (χ0n) is 12.3. The van der Waals surface area contributed by atoms with Crippen LogP contribution in [0.1, 0.15) is 45.0 Å². The van der Waals surface area contributed by atoms with Crippen LogP contribution in [0.5, 0.6) is 0 Å². The lowest BCUT2D eigenvalue weighted by Gasteiger charge is -2.33. The summed E-state index contributed by atoms with van der Waals surface area (Å²) in [5, 5.41) is 0. The molecule has 0 N–H and O–H groups in total. The summed E-state index contributed by atoms with van der Waals surface area (Å²) in [7, 11) is 0. The number of nitrogens with zero attached hydrogens (tertiary/aromatic N) is 1. The molecule has 0 bridgehead atoms. The Hall–Kier alpha value is -0.110. The van der Waals surface area contributed by atoms with Crippen molar-refractivity contribution in [1.29, 1.82) is 0 Å². The minimum atomic E-state index is -1.57. The molecule has 2 fully saturated rings. The van der Waals surface area contributed by atoms with E-state index in [4.69, 9.17) is 5.48 Å². The first-order valence-electron chi connectivity index (χ1n) is 7.05. The van der Waals surface area contributed by atoms with E-state index < -0.39 is 24.6 Å². The second-order valence-electron chi connectivity index (χ2n) is 4.40. The maximum atomic E-state index is 13.7. The van der Waals surface area contributed by atoms with Gasteiger partial charge in [0.1, 0.15) is 6.17 Å². The van der Waals surface area contributed by atoms with E-state index >= 15 is 0 Å².